The maximum atomic E-state index is 11.6. The van der Waals surface area contributed by atoms with E-state index in [1.54, 1.807) is 11.3 Å². The number of aryl methyl sites for hydroxylation is 1. The van der Waals surface area contributed by atoms with Gasteiger partial charge in [0.15, 0.2) is 0 Å². The molecule has 0 saturated carbocycles. The first-order chi connectivity index (χ1) is 8.65. The number of carbonyl (C=O) groups is 1. The molecule has 1 amide bonds. The van der Waals surface area contributed by atoms with Gasteiger partial charge in [0.1, 0.15) is 11.1 Å². The lowest BCUT2D eigenvalue weighted by Gasteiger charge is -2.17. The van der Waals surface area contributed by atoms with Crippen LogP contribution in [0.15, 0.2) is 0 Å². The standard InChI is InChI=1S/C14H18N2OS/c1-3-4-13(17)16-14-11(8-15)10-7-9(2)5-6-12(10)18-14/h9H,3-7H2,1-2H3,(H,16,17). The Morgan fingerprint density at radius 3 is 3.06 bits per heavy atom. The smallest absolute Gasteiger partial charge is 0.224 e. The Bertz CT molecular complexity index is 499. The highest BCUT2D eigenvalue weighted by molar-refractivity contribution is 7.16. The lowest BCUT2D eigenvalue weighted by atomic mass is 9.88. The normalized spacial score (nSPS) is 17.9. The zero-order valence-electron chi connectivity index (χ0n) is 10.9. The van der Waals surface area contributed by atoms with Crippen LogP contribution in [0.4, 0.5) is 5.00 Å². The van der Waals surface area contributed by atoms with Gasteiger partial charge in [-0.05, 0) is 37.2 Å². The summed E-state index contributed by atoms with van der Waals surface area (Å²) >= 11 is 1.59. The zero-order chi connectivity index (χ0) is 13.1. The van der Waals surface area contributed by atoms with Crippen LogP contribution in [-0.4, -0.2) is 5.91 Å². The minimum Gasteiger partial charge on any atom is -0.317 e. The number of thiophene rings is 1. The number of anilines is 1. The molecule has 1 N–H and O–H groups in total. The number of fused-ring (bicyclic) bond motifs is 1. The van der Waals surface area contributed by atoms with Crippen LogP contribution in [0.1, 0.15) is 49.1 Å². The topological polar surface area (TPSA) is 52.9 Å². The van der Waals surface area contributed by atoms with Crippen LogP contribution in [-0.2, 0) is 17.6 Å². The molecule has 1 aliphatic rings. The van der Waals surface area contributed by atoms with E-state index in [4.69, 9.17) is 0 Å². The zero-order valence-corrected chi connectivity index (χ0v) is 11.7. The fourth-order valence-electron chi connectivity index (χ4n) is 2.38. The summed E-state index contributed by atoms with van der Waals surface area (Å²) in [5.41, 5.74) is 1.87. The van der Waals surface area contributed by atoms with E-state index >= 15 is 0 Å². The fraction of sp³-hybridized carbons (Fsp3) is 0.571. The third-order valence-electron chi connectivity index (χ3n) is 3.35. The molecule has 1 aromatic rings. The van der Waals surface area contributed by atoms with E-state index in [0.29, 0.717) is 17.9 Å². The summed E-state index contributed by atoms with van der Waals surface area (Å²) in [7, 11) is 0. The van der Waals surface area contributed by atoms with E-state index in [2.05, 4.69) is 18.3 Å². The minimum atomic E-state index is 0.0145. The molecule has 0 radical (unpaired) electrons. The van der Waals surface area contributed by atoms with E-state index in [0.717, 1.165) is 24.3 Å². The Morgan fingerprint density at radius 1 is 1.61 bits per heavy atom. The average molecular weight is 262 g/mol. The van der Waals surface area contributed by atoms with Crippen molar-refractivity contribution in [1.29, 1.82) is 5.26 Å². The first kappa shape index (κ1) is 13.1. The molecule has 0 aromatic carbocycles. The van der Waals surface area contributed by atoms with Crippen molar-refractivity contribution in [1.82, 2.24) is 0 Å². The highest BCUT2D eigenvalue weighted by atomic mass is 32.1. The third kappa shape index (κ3) is 2.56. The second-order valence-corrected chi connectivity index (χ2v) is 6.07. The van der Waals surface area contributed by atoms with Gasteiger partial charge in [-0.1, -0.05) is 13.8 Å². The van der Waals surface area contributed by atoms with Crippen molar-refractivity contribution < 1.29 is 4.79 Å². The highest BCUT2D eigenvalue weighted by Gasteiger charge is 2.24. The Kier molecular flexibility index (Phi) is 4.03. The molecule has 1 atom stereocenters. The van der Waals surface area contributed by atoms with E-state index in [1.807, 2.05) is 6.92 Å². The van der Waals surface area contributed by atoms with Crippen LogP contribution in [0.25, 0.3) is 0 Å². The molecule has 1 aliphatic carbocycles. The highest BCUT2D eigenvalue weighted by Crippen LogP contribution is 2.39. The summed E-state index contributed by atoms with van der Waals surface area (Å²) in [4.78, 5) is 12.9. The van der Waals surface area contributed by atoms with E-state index in [-0.39, 0.29) is 5.91 Å². The van der Waals surface area contributed by atoms with Gasteiger partial charge in [-0.3, -0.25) is 4.79 Å². The fourth-order valence-corrected chi connectivity index (χ4v) is 3.59. The molecule has 96 valence electrons. The van der Waals surface area contributed by atoms with E-state index in [9.17, 15) is 10.1 Å². The number of nitrogens with zero attached hydrogens (tertiary/aromatic N) is 1. The van der Waals surface area contributed by atoms with Gasteiger partial charge in [-0.2, -0.15) is 5.26 Å². The number of nitriles is 1. The number of hydrogen-bond donors (Lipinski definition) is 1. The quantitative estimate of drug-likeness (QED) is 0.906. The molecule has 0 fully saturated rings. The van der Waals surface area contributed by atoms with Gasteiger partial charge < -0.3 is 5.32 Å². The predicted molar refractivity (Wildman–Crippen MR) is 73.8 cm³/mol. The first-order valence-corrected chi connectivity index (χ1v) is 7.31. The third-order valence-corrected chi connectivity index (χ3v) is 4.56. The number of hydrogen-bond acceptors (Lipinski definition) is 3. The number of carbonyl (C=O) groups excluding carboxylic acids is 1. The molecule has 1 aromatic heterocycles. The molecule has 0 aliphatic heterocycles. The van der Waals surface area contributed by atoms with Gasteiger partial charge >= 0.3 is 0 Å². The van der Waals surface area contributed by atoms with Crippen molar-refractivity contribution in [2.24, 2.45) is 5.92 Å². The van der Waals surface area contributed by atoms with Crippen molar-refractivity contribution in [3.05, 3.63) is 16.0 Å². The molecule has 1 heterocycles. The summed E-state index contributed by atoms with van der Waals surface area (Å²) < 4.78 is 0. The van der Waals surface area contributed by atoms with Gasteiger partial charge in [-0.25, -0.2) is 0 Å². The van der Waals surface area contributed by atoms with Crippen LogP contribution < -0.4 is 5.32 Å². The molecule has 0 saturated heterocycles. The summed E-state index contributed by atoms with van der Waals surface area (Å²) in [5.74, 6) is 0.652. The molecule has 0 bridgehead atoms. The van der Waals surface area contributed by atoms with Crippen molar-refractivity contribution in [2.75, 3.05) is 5.32 Å². The van der Waals surface area contributed by atoms with Crippen molar-refractivity contribution in [3.8, 4) is 6.07 Å². The molecular formula is C14H18N2OS. The Hall–Kier alpha value is -1.34. The Labute approximate surface area is 112 Å². The molecule has 3 nitrogen and oxygen atoms in total. The maximum absolute atomic E-state index is 11.6. The van der Waals surface area contributed by atoms with Gasteiger partial charge in [0, 0.05) is 11.3 Å². The Balaban J connectivity index is 2.27. The van der Waals surface area contributed by atoms with Crippen molar-refractivity contribution in [2.45, 2.75) is 46.0 Å². The van der Waals surface area contributed by atoms with Gasteiger partial charge in [0.2, 0.25) is 5.91 Å². The van der Waals surface area contributed by atoms with Gasteiger partial charge in [0.25, 0.3) is 0 Å². The Morgan fingerprint density at radius 2 is 2.39 bits per heavy atom. The van der Waals surface area contributed by atoms with Gasteiger partial charge in [0.05, 0.1) is 5.56 Å². The van der Waals surface area contributed by atoms with Crippen molar-refractivity contribution >= 4 is 22.2 Å². The SMILES string of the molecule is CCCC(=O)Nc1sc2c(c1C#N)CC(C)CC2. The monoisotopic (exact) mass is 262 g/mol. The number of nitrogens with one attached hydrogen (secondary N) is 1. The molecule has 2 rings (SSSR count). The number of amides is 1. The first-order valence-electron chi connectivity index (χ1n) is 6.50. The van der Waals surface area contributed by atoms with Crippen LogP contribution in [0.3, 0.4) is 0 Å². The van der Waals surface area contributed by atoms with Crippen LogP contribution in [0, 0.1) is 17.2 Å². The lowest BCUT2D eigenvalue weighted by Crippen LogP contribution is -2.11. The summed E-state index contributed by atoms with van der Waals surface area (Å²) in [5, 5.41) is 12.9. The summed E-state index contributed by atoms with van der Waals surface area (Å²) in [6.07, 6.45) is 4.54. The lowest BCUT2D eigenvalue weighted by molar-refractivity contribution is -0.116. The largest absolute Gasteiger partial charge is 0.317 e. The molecule has 18 heavy (non-hydrogen) atoms. The molecule has 0 spiro atoms. The molecule has 4 heteroatoms. The van der Waals surface area contributed by atoms with Crippen LogP contribution in [0.5, 0.6) is 0 Å². The molecule has 1 unspecified atom stereocenters. The van der Waals surface area contributed by atoms with Crippen molar-refractivity contribution in [3.63, 3.8) is 0 Å². The predicted octanol–water partition coefficient (Wildman–Crippen LogP) is 3.48. The van der Waals surface area contributed by atoms with Crippen LogP contribution >= 0.6 is 11.3 Å². The second kappa shape index (κ2) is 5.53. The summed E-state index contributed by atoms with van der Waals surface area (Å²) in [6, 6.07) is 2.27. The average Bonchev–Trinajstić information content (AvgIpc) is 2.65. The van der Waals surface area contributed by atoms with E-state index in [1.165, 1.54) is 16.9 Å². The number of rotatable bonds is 3. The molecular weight excluding hydrogens is 244 g/mol. The second-order valence-electron chi connectivity index (χ2n) is 4.97. The minimum absolute atomic E-state index is 0.0145. The maximum Gasteiger partial charge on any atom is 0.224 e. The van der Waals surface area contributed by atoms with E-state index < -0.39 is 0 Å². The van der Waals surface area contributed by atoms with Crippen LogP contribution in [0.2, 0.25) is 0 Å². The summed E-state index contributed by atoms with van der Waals surface area (Å²) in [6.45, 7) is 4.20. The van der Waals surface area contributed by atoms with Gasteiger partial charge in [-0.15, -0.1) is 11.3 Å².